The highest BCUT2D eigenvalue weighted by atomic mass is 32.2. The van der Waals surface area contributed by atoms with Crippen molar-refractivity contribution in [1.82, 2.24) is 0 Å². The van der Waals surface area contributed by atoms with E-state index in [0.29, 0.717) is 42.4 Å². The predicted octanol–water partition coefficient (Wildman–Crippen LogP) is 4.18. The summed E-state index contributed by atoms with van der Waals surface area (Å²) < 4.78 is 72.2. The monoisotopic (exact) mass is 427 g/mol. The summed E-state index contributed by atoms with van der Waals surface area (Å²) in [5.41, 5.74) is 0.173. The van der Waals surface area contributed by atoms with E-state index in [9.17, 15) is 26.1 Å². The van der Waals surface area contributed by atoms with Crippen molar-refractivity contribution in [2.45, 2.75) is 49.4 Å². The first-order chi connectivity index (χ1) is 13.5. The lowest BCUT2D eigenvalue weighted by Gasteiger charge is -2.57. The summed E-state index contributed by atoms with van der Waals surface area (Å²) in [4.78, 5) is 0. The van der Waals surface area contributed by atoms with Gasteiger partial charge in [0.05, 0.1) is 10.3 Å². The van der Waals surface area contributed by atoms with Gasteiger partial charge < -0.3 is 4.55 Å². The van der Waals surface area contributed by atoms with Gasteiger partial charge in [-0.25, -0.2) is 13.0 Å². The minimum atomic E-state index is -4.28. The van der Waals surface area contributed by atoms with Gasteiger partial charge in [0.2, 0.25) is 5.52 Å². The van der Waals surface area contributed by atoms with Crippen LogP contribution in [0.3, 0.4) is 0 Å². The van der Waals surface area contributed by atoms with Crippen molar-refractivity contribution in [2.75, 3.05) is 0 Å². The first-order valence-electron chi connectivity index (χ1n) is 9.88. The molecule has 158 valence electrons. The summed E-state index contributed by atoms with van der Waals surface area (Å²) in [6.07, 6.45) is 3.02. The molecule has 6 rings (SSSR count). The summed E-state index contributed by atoms with van der Waals surface area (Å²) in [5, 5.41) is 0.592. The average Bonchev–Trinajstić information content (AvgIpc) is 2.59. The van der Waals surface area contributed by atoms with E-state index in [1.807, 2.05) is 0 Å². The van der Waals surface area contributed by atoms with Gasteiger partial charge in [-0.1, -0.05) is 0 Å². The zero-order valence-corrected chi connectivity index (χ0v) is 17.0. The summed E-state index contributed by atoms with van der Waals surface area (Å²) in [6.45, 7) is 0. The fourth-order valence-corrected chi connectivity index (χ4v) is 7.20. The molecule has 4 bridgehead atoms. The quantitative estimate of drug-likeness (QED) is 0.507. The smallest absolute Gasteiger partial charge is 0.416 e. The van der Waals surface area contributed by atoms with Crippen molar-refractivity contribution in [3.8, 4) is 0 Å². The number of pyridine rings is 1. The maximum atomic E-state index is 12.4. The molecule has 4 fully saturated rings. The SMILES string of the molecule is C[n+]1cccc2cc(C(F)(F)F)ccc21.O=S(=O)([O-])C12CC3CC(CC(C3)C1)C2. The number of hydrogen-bond donors (Lipinski definition) is 0. The maximum absolute atomic E-state index is 12.4. The second kappa shape index (κ2) is 6.94. The van der Waals surface area contributed by atoms with E-state index in [2.05, 4.69) is 0 Å². The molecule has 0 unspecified atom stereocenters. The Kier molecular flexibility index (Phi) is 4.93. The van der Waals surface area contributed by atoms with Gasteiger partial charge >= 0.3 is 6.18 Å². The predicted molar refractivity (Wildman–Crippen MR) is 101 cm³/mol. The second-order valence-corrected chi connectivity index (χ2v) is 10.7. The molecule has 2 aromatic rings. The zero-order chi connectivity index (χ0) is 21.0. The van der Waals surface area contributed by atoms with Crippen LogP contribution in [0.4, 0.5) is 13.2 Å². The number of benzene rings is 1. The molecule has 0 N–H and O–H groups in total. The van der Waals surface area contributed by atoms with Crippen LogP contribution in [0.5, 0.6) is 0 Å². The Bertz CT molecular complexity index is 998. The van der Waals surface area contributed by atoms with Crippen molar-refractivity contribution < 1.29 is 30.7 Å². The molecule has 1 heterocycles. The van der Waals surface area contributed by atoms with Gasteiger partial charge in [-0.3, -0.25) is 0 Å². The molecule has 4 aliphatic carbocycles. The molecular formula is C21H24F3NO3S. The largest absolute Gasteiger partial charge is 0.748 e. The van der Waals surface area contributed by atoms with Crippen molar-refractivity contribution in [3.63, 3.8) is 0 Å². The molecule has 29 heavy (non-hydrogen) atoms. The Hall–Kier alpha value is -1.67. The number of halogens is 3. The first-order valence-corrected chi connectivity index (χ1v) is 11.3. The highest BCUT2D eigenvalue weighted by molar-refractivity contribution is 7.87. The van der Waals surface area contributed by atoms with Crippen molar-refractivity contribution >= 4 is 21.0 Å². The standard InChI is InChI=1S/C11H9F3N.C10H16O3S/c1-15-6-2-3-8-7-9(11(12,13)14)4-5-10(8)15;11-14(12,13)10-4-7-1-8(5-10)3-9(2-7)6-10/h2-7H,1H3;7-9H,1-6H2,(H,11,12,13)/q+1;/p-1. The van der Waals surface area contributed by atoms with Crippen LogP contribution in [-0.2, 0) is 23.3 Å². The highest BCUT2D eigenvalue weighted by Crippen LogP contribution is 2.58. The molecule has 0 spiro atoms. The number of aromatic nitrogens is 1. The van der Waals surface area contributed by atoms with E-state index in [1.54, 1.807) is 29.9 Å². The maximum Gasteiger partial charge on any atom is 0.416 e. The Balaban J connectivity index is 0.000000141. The van der Waals surface area contributed by atoms with E-state index in [-0.39, 0.29) is 0 Å². The average molecular weight is 427 g/mol. The van der Waals surface area contributed by atoms with Crippen LogP contribution < -0.4 is 4.57 Å². The molecule has 0 aliphatic heterocycles. The van der Waals surface area contributed by atoms with Crippen LogP contribution in [0.2, 0.25) is 0 Å². The van der Waals surface area contributed by atoms with Crippen LogP contribution in [-0.4, -0.2) is 17.7 Å². The third-order valence-electron chi connectivity index (χ3n) is 6.83. The first kappa shape index (κ1) is 20.6. The number of aryl methyl sites for hydroxylation is 1. The summed E-state index contributed by atoms with van der Waals surface area (Å²) in [5.74, 6) is 1.60. The van der Waals surface area contributed by atoms with Gasteiger partial charge in [-0.2, -0.15) is 13.2 Å². The molecule has 8 heteroatoms. The Morgan fingerprint density at radius 1 is 1.03 bits per heavy atom. The fraction of sp³-hybridized carbons (Fsp3) is 0.571. The molecule has 4 aliphatic rings. The Morgan fingerprint density at radius 3 is 2.07 bits per heavy atom. The van der Waals surface area contributed by atoms with E-state index in [1.165, 1.54) is 25.3 Å². The van der Waals surface area contributed by atoms with E-state index in [4.69, 9.17) is 0 Å². The number of fused-ring (bicyclic) bond motifs is 1. The van der Waals surface area contributed by atoms with Gasteiger partial charge in [0.1, 0.15) is 17.2 Å². The van der Waals surface area contributed by atoms with Crippen LogP contribution >= 0.6 is 0 Å². The number of nitrogens with zero attached hydrogens (tertiary/aromatic N) is 1. The van der Waals surface area contributed by atoms with Crippen LogP contribution in [0, 0.1) is 17.8 Å². The summed E-state index contributed by atoms with van der Waals surface area (Å²) >= 11 is 0. The molecule has 0 amide bonds. The van der Waals surface area contributed by atoms with Crippen molar-refractivity contribution in [1.29, 1.82) is 0 Å². The third kappa shape index (κ3) is 3.89. The molecule has 4 saturated carbocycles. The van der Waals surface area contributed by atoms with Crippen molar-refractivity contribution in [2.24, 2.45) is 24.8 Å². The van der Waals surface area contributed by atoms with E-state index < -0.39 is 26.6 Å². The van der Waals surface area contributed by atoms with Gasteiger partial charge in [-0.15, -0.1) is 0 Å². The van der Waals surface area contributed by atoms with Crippen molar-refractivity contribution in [3.05, 3.63) is 42.1 Å². The lowest BCUT2D eigenvalue weighted by atomic mass is 9.56. The summed E-state index contributed by atoms with van der Waals surface area (Å²) in [7, 11) is -2.27. The zero-order valence-electron chi connectivity index (χ0n) is 16.2. The molecular weight excluding hydrogens is 403 g/mol. The number of rotatable bonds is 1. The molecule has 4 nitrogen and oxygen atoms in total. The molecule has 0 atom stereocenters. The van der Waals surface area contributed by atoms with E-state index in [0.717, 1.165) is 17.6 Å². The Morgan fingerprint density at radius 2 is 1.59 bits per heavy atom. The normalized spacial score (nSPS) is 30.9. The van der Waals surface area contributed by atoms with Gasteiger partial charge in [-0.05, 0) is 74.5 Å². The molecule has 0 saturated heterocycles. The minimum absolute atomic E-state index is 0.532. The van der Waals surface area contributed by atoms with Gasteiger partial charge in [0, 0.05) is 17.5 Å². The lowest BCUT2D eigenvalue weighted by Crippen LogP contribution is -2.54. The minimum Gasteiger partial charge on any atom is -0.748 e. The van der Waals surface area contributed by atoms with Gasteiger partial charge in [0.25, 0.3) is 0 Å². The summed E-state index contributed by atoms with van der Waals surface area (Å²) in [6, 6.07) is 7.14. The number of hydrogen-bond acceptors (Lipinski definition) is 3. The van der Waals surface area contributed by atoms with E-state index >= 15 is 0 Å². The van der Waals surface area contributed by atoms with Crippen LogP contribution in [0.25, 0.3) is 10.9 Å². The third-order valence-corrected chi connectivity index (χ3v) is 8.39. The van der Waals surface area contributed by atoms with Gasteiger partial charge in [0.15, 0.2) is 6.20 Å². The molecule has 0 radical (unpaired) electrons. The lowest BCUT2D eigenvalue weighted by molar-refractivity contribution is -0.644. The fourth-order valence-electron chi connectivity index (χ4n) is 5.88. The molecule has 1 aromatic heterocycles. The second-order valence-electron chi connectivity index (χ2n) is 8.95. The Labute approximate surface area is 168 Å². The number of alkyl halides is 3. The van der Waals surface area contributed by atoms with Crippen LogP contribution in [0.15, 0.2) is 36.5 Å². The topological polar surface area (TPSA) is 61.1 Å². The van der Waals surface area contributed by atoms with Crippen LogP contribution in [0.1, 0.15) is 44.1 Å². The highest BCUT2D eigenvalue weighted by Gasteiger charge is 2.54. The molecule has 1 aromatic carbocycles.